The predicted molar refractivity (Wildman–Crippen MR) is 98.3 cm³/mol. The molecule has 0 unspecified atom stereocenters. The maximum atomic E-state index is 6.13. The number of oxime groups is 1. The van der Waals surface area contributed by atoms with E-state index in [9.17, 15) is 0 Å². The second kappa shape index (κ2) is 8.57. The summed E-state index contributed by atoms with van der Waals surface area (Å²) in [7, 11) is 3.04. The molecule has 2 aromatic carbocycles. The van der Waals surface area contributed by atoms with Crippen molar-refractivity contribution in [3.8, 4) is 5.75 Å². The highest BCUT2D eigenvalue weighted by atomic mass is 35.5. The second-order valence-electron chi connectivity index (χ2n) is 4.75. The zero-order valence-corrected chi connectivity index (χ0v) is 14.8. The van der Waals surface area contributed by atoms with Crippen LogP contribution in [0, 0.1) is 0 Å². The number of hydrogen-bond acceptors (Lipinski definition) is 4. The lowest BCUT2D eigenvalue weighted by Crippen LogP contribution is -2.26. The molecule has 24 heavy (non-hydrogen) atoms. The molecular weight excluding hydrogens is 349 g/mol. The van der Waals surface area contributed by atoms with Crippen molar-refractivity contribution in [1.82, 2.24) is 0 Å². The Labute approximate surface area is 150 Å². The summed E-state index contributed by atoms with van der Waals surface area (Å²) < 4.78 is 5.79. The average molecular weight is 366 g/mol. The van der Waals surface area contributed by atoms with Crippen LogP contribution in [-0.2, 0) is 11.4 Å². The van der Waals surface area contributed by atoms with Crippen LogP contribution in [0.5, 0.6) is 5.75 Å². The predicted octanol–water partition coefficient (Wildman–Crippen LogP) is 3.91. The smallest absolute Gasteiger partial charge is 0.152 e. The minimum absolute atomic E-state index is 0.272. The zero-order chi connectivity index (χ0) is 17.5. The quantitative estimate of drug-likeness (QED) is 0.479. The average Bonchev–Trinajstić information content (AvgIpc) is 2.59. The highest BCUT2D eigenvalue weighted by Gasteiger charge is 2.14. The van der Waals surface area contributed by atoms with Crippen molar-refractivity contribution in [2.24, 2.45) is 15.9 Å². The number of nitrogens with zero attached hydrogens (tertiary/aromatic N) is 2. The molecule has 0 atom stereocenters. The Kier molecular flexibility index (Phi) is 6.46. The van der Waals surface area contributed by atoms with Crippen LogP contribution < -0.4 is 10.5 Å². The molecule has 0 saturated heterocycles. The van der Waals surface area contributed by atoms with Crippen molar-refractivity contribution in [2.75, 3.05) is 14.2 Å². The third kappa shape index (κ3) is 4.40. The van der Waals surface area contributed by atoms with E-state index in [1.165, 1.54) is 7.11 Å². The lowest BCUT2D eigenvalue weighted by Gasteiger charge is -2.13. The van der Waals surface area contributed by atoms with Gasteiger partial charge in [0.05, 0.1) is 5.02 Å². The highest BCUT2D eigenvalue weighted by molar-refractivity contribution is 6.47. The van der Waals surface area contributed by atoms with Gasteiger partial charge in [-0.25, -0.2) is 0 Å². The first-order chi connectivity index (χ1) is 11.6. The molecule has 0 aromatic heterocycles. The minimum atomic E-state index is 0.272. The largest absolute Gasteiger partial charge is 0.487 e. The minimum Gasteiger partial charge on any atom is -0.487 e. The first kappa shape index (κ1) is 18.1. The van der Waals surface area contributed by atoms with Crippen molar-refractivity contribution in [2.45, 2.75) is 6.61 Å². The van der Waals surface area contributed by atoms with Gasteiger partial charge in [0.2, 0.25) is 0 Å². The summed E-state index contributed by atoms with van der Waals surface area (Å²) in [6.45, 7) is 0.275. The van der Waals surface area contributed by atoms with Crippen molar-refractivity contribution >= 4 is 34.7 Å². The van der Waals surface area contributed by atoms with E-state index in [1.807, 2.05) is 24.3 Å². The van der Waals surface area contributed by atoms with Gasteiger partial charge in [0.1, 0.15) is 25.3 Å². The van der Waals surface area contributed by atoms with Gasteiger partial charge in [-0.2, -0.15) is 0 Å². The molecule has 2 N–H and O–H groups in total. The van der Waals surface area contributed by atoms with E-state index < -0.39 is 0 Å². The number of hydrogen-bond donors (Lipinski definition) is 1. The van der Waals surface area contributed by atoms with Gasteiger partial charge in [-0.3, -0.25) is 4.99 Å². The standard InChI is InChI=1S/C17H17Cl2N3O2/c1-21-17(20)16(22-23-2)13-6-4-3-5-11(13)10-24-15-8-7-12(18)9-14(15)19/h3-9H,10H2,1-2H3,(H2,20,21). The summed E-state index contributed by atoms with van der Waals surface area (Å²) in [4.78, 5) is 8.86. The zero-order valence-electron chi connectivity index (χ0n) is 13.3. The van der Waals surface area contributed by atoms with E-state index >= 15 is 0 Å². The Morgan fingerprint density at radius 2 is 1.92 bits per heavy atom. The van der Waals surface area contributed by atoms with Gasteiger partial charge in [-0.1, -0.05) is 52.6 Å². The van der Waals surface area contributed by atoms with Crippen molar-refractivity contribution in [3.63, 3.8) is 0 Å². The Morgan fingerprint density at radius 3 is 2.58 bits per heavy atom. The fourth-order valence-corrected chi connectivity index (χ4v) is 2.52. The van der Waals surface area contributed by atoms with Gasteiger partial charge >= 0.3 is 0 Å². The van der Waals surface area contributed by atoms with Crippen LogP contribution in [-0.4, -0.2) is 25.7 Å². The third-order valence-corrected chi connectivity index (χ3v) is 3.75. The maximum absolute atomic E-state index is 6.13. The molecule has 0 heterocycles. The summed E-state index contributed by atoms with van der Waals surface area (Å²) in [5.41, 5.74) is 8.00. The molecule has 0 saturated carbocycles. The van der Waals surface area contributed by atoms with E-state index in [0.29, 0.717) is 21.5 Å². The lowest BCUT2D eigenvalue weighted by atomic mass is 10.0. The summed E-state index contributed by atoms with van der Waals surface area (Å²) in [5.74, 6) is 0.812. The number of benzene rings is 2. The Balaban J connectivity index is 2.30. The summed E-state index contributed by atoms with van der Waals surface area (Å²) in [6.07, 6.45) is 0. The van der Waals surface area contributed by atoms with E-state index in [-0.39, 0.29) is 12.4 Å². The third-order valence-electron chi connectivity index (χ3n) is 3.22. The van der Waals surface area contributed by atoms with Crippen molar-refractivity contribution < 1.29 is 9.57 Å². The number of amidine groups is 1. The molecule has 0 spiro atoms. The maximum Gasteiger partial charge on any atom is 0.152 e. The molecule has 126 valence electrons. The molecule has 0 fully saturated rings. The van der Waals surface area contributed by atoms with Crippen molar-refractivity contribution in [3.05, 3.63) is 63.6 Å². The van der Waals surface area contributed by atoms with Gasteiger partial charge in [0.15, 0.2) is 5.71 Å². The molecule has 0 aliphatic carbocycles. The van der Waals surface area contributed by atoms with Crippen LogP contribution in [0.4, 0.5) is 0 Å². The molecule has 0 bridgehead atoms. The van der Waals surface area contributed by atoms with E-state index in [4.69, 9.17) is 38.5 Å². The molecule has 0 amide bonds. The van der Waals surface area contributed by atoms with Gasteiger partial charge in [0, 0.05) is 17.6 Å². The molecule has 7 heteroatoms. The number of ether oxygens (including phenoxy) is 1. The second-order valence-corrected chi connectivity index (χ2v) is 5.60. The van der Waals surface area contributed by atoms with Crippen LogP contribution in [0.3, 0.4) is 0 Å². The SMILES string of the molecule is CN=C(N)C(=NOC)c1ccccc1COc1ccc(Cl)cc1Cl. The molecule has 2 aromatic rings. The van der Waals surface area contributed by atoms with Gasteiger partial charge < -0.3 is 15.3 Å². The van der Waals surface area contributed by atoms with Crippen LogP contribution in [0.1, 0.15) is 11.1 Å². The number of rotatable bonds is 6. The molecular formula is C17H17Cl2N3O2. The number of halogens is 2. The van der Waals surface area contributed by atoms with Crippen LogP contribution >= 0.6 is 23.2 Å². The summed E-state index contributed by atoms with van der Waals surface area (Å²) >= 11 is 12.0. The fourth-order valence-electron chi connectivity index (χ4n) is 2.06. The topological polar surface area (TPSA) is 69.2 Å². The Hall–Kier alpha value is -2.24. The molecule has 0 aliphatic rings. The Bertz CT molecular complexity index is 776. The lowest BCUT2D eigenvalue weighted by molar-refractivity contribution is 0.214. The molecule has 0 radical (unpaired) electrons. The molecule has 5 nitrogen and oxygen atoms in total. The number of nitrogens with two attached hydrogens (primary N) is 1. The van der Waals surface area contributed by atoms with Crippen molar-refractivity contribution in [1.29, 1.82) is 0 Å². The van der Waals surface area contributed by atoms with Gasteiger partial charge in [-0.15, -0.1) is 0 Å². The summed E-state index contributed by atoms with van der Waals surface area (Å²) in [5, 5.41) is 4.97. The normalized spacial score (nSPS) is 12.2. The monoisotopic (exact) mass is 365 g/mol. The van der Waals surface area contributed by atoms with E-state index in [2.05, 4.69) is 10.1 Å². The summed E-state index contributed by atoms with van der Waals surface area (Å²) in [6, 6.07) is 12.6. The Morgan fingerprint density at radius 1 is 1.17 bits per heavy atom. The van der Waals surface area contributed by atoms with Crippen LogP contribution in [0.2, 0.25) is 10.0 Å². The van der Waals surface area contributed by atoms with Gasteiger partial charge in [-0.05, 0) is 23.8 Å². The fraction of sp³-hybridized carbons (Fsp3) is 0.176. The van der Waals surface area contributed by atoms with E-state index in [1.54, 1.807) is 25.2 Å². The van der Waals surface area contributed by atoms with E-state index in [0.717, 1.165) is 11.1 Å². The first-order valence-electron chi connectivity index (χ1n) is 7.06. The highest BCUT2D eigenvalue weighted by Crippen LogP contribution is 2.28. The molecule has 2 rings (SSSR count). The molecule has 0 aliphatic heterocycles. The number of aliphatic imine (C=N–C) groups is 1. The van der Waals surface area contributed by atoms with Crippen LogP contribution in [0.15, 0.2) is 52.6 Å². The van der Waals surface area contributed by atoms with Crippen LogP contribution in [0.25, 0.3) is 0 Å². The first-order valence-corrected chi connectivity index (χ1v) is 7.82. The van der Waals surface area contributed by atoms with Gasteiger partial charge in [0.25, 0.3) is 0 Å².